The molecule has 1 heterocycles. The van der Waals surface area contributed by atoms with Gasteiger partial charge < -0.3 is 5.32 Å². The second-order valence-electron chi connectivity index (χ2n) is 5.20. The summed E-state index contributed by atoms with van der Waals surface area (Å²) in [5.41, 5.74) is 1.91. The lowest BCUT2D eigenvalue weighted by Crippen LogP contribution is -2.13. The summed E-state index contributed by atoms with van der Waals surface area (Å²) in [4.78, 5) is 12.1. The lowest BCUT2D eigenvalue weighted by Gasteiger charge is -2.09. The van der Waals surface area contributed by atoms with Gasteiger partial charge in [-0.05, 0) is 23.3 Å². The van der Waals surface area contributed by atoms with Gasteiger partial charge in [0, 0.05) is 17.2 Å². The van der Waals surface area contributed by atoms with E-state index < -0.39 is 0 Å². The van der Waals surface area contributed by atoms with Gasteiger partial charge >= 0.3 is 0 Å². The summed E-state index contributed by atoms with van der Waals surface area (Å²) in [5.74, 6) is 0.414. The topological polar surface area (TPSA) is 46.9 Å². The molecule has 0 atom stereocenters. The Balaban J connectivity index is 1.68. The fourth-order valence-corrected chi connectivity index (χ4v) is 2.45. The molecule has 0 saturated heterocycles. The van der Waals surface area contributed by atoms with E-state index >= 15 is 0 Å². The fraction of sp³-hybridized carbons (Fsp3) is 0.0526. The molecular weight excluding hydrogens is 322 g/mol. The summed E-state index contributed by atoms with van der Waals surface area (Å²) in [6.07, 6.45) is 4.92. The number of nitrogens with one attached hydrogen (secondary N) is 1. The van der Waals surface area contributed by atoms with Crippen LogP contribution in [-0.2, 0) is 11.3 Å². The van der Waals surface area contributed by atoms with E-state index in [-0.39, 0.29) is 5.91 Å². The zero-order valence-electron chi connectivity index (χ0n) is 12.9. The van der Waals surface area contributed by atoms with Crippen molar-refractivity contribution in [3.8, 4) is 0 Å². The van der Waals surface area contributed by atoms with E-state index in [0.29, 0.717) is 17.4 Å². The third-order valence-corrected chi connectivity index (χ3v) is 3.84. The van der Waals surface area contributed by atoms with Gasteiger partial charge in [0.05, 0.1) is 12.7 Å². The number of amides is 1. The third kappa shape index (κ3) is 4.12. The number of hydrogen-bond donors (Lipinski definition) is 1. The van der Waals surface area contributed by atoms with Crippen LogP contribution in [0.25, 0.3) is 6.08 Å². The van der Waals surface area contributed by atoms with E-state index in [1.54, 1.807) is 23.0 Å². The smallest absolute Gasteiger partial charge is 0.249 e. The van der Waals surface area contributed by atoms with Gasteiger partial charge in [0.15, 0.2) is 0 Å². The molecule has 1 aromatic heterocycles. The molecule has 1 amide bonds. The van der Waals surface area contributed by atoms with Crippen molar-refractivity contribution in [2.24, 2.45) is 0 Å². The summed E-state index contributed by atoms with van der Waals surface area (Å²) < 4.78 is 1.70. The van der Waals surface area contributed by atoms with E-state index in [1.807, 2.05) is 54.6 Å². The molecular formula is C19H16ClN3O. The van der Waals surface area contributed by atoms with Gasteiger partial charge in [-0.3, -0.25) is 4.79 Å². The van der Waals surface area contributed by atoms with E-state index in [4.69, 9.17) is 11.6 Å². The van der Waals surface area contributed by atoms with Crippen molar-refractivity contribution in [1.82, 2.24) is 9.78 Å². The molecule has 3 rings (SSSR count). The Kier molecular flexibility index (Phi) is 5.08. The van der Waals surface area contributed by atoms with Crippen LogP contribution < -0.4 is 5.32 Å². The highest BCUT2D eigenvalue weighted by Crippen LogP contribution is 2.18. The number of hydrogen-bond acceptors (Lipinski definition) is 2. The Hall–Kier alpha value is -2.85. The van der Waals surface area contributed by atoms with Crippen LogP contribution in [-0.4, -0.2) is 15.7 Å². The number of carbonyl (C=O) groups is 1. The van der Waals surface area contributed by atoms with E-state index in [0.717, 1.165) is 11.1 Å². The average Bonchev–Trinajstić information content (AvgIpc) is 3.03. The lowest BCUT2D eigenvalue weighted by atomic mass is 10.2. The quantitative estimate of drug-likeness (QED) is 0.708. The molecule has 0 saturated carbocycles. The Bertz CT molecular complexity index is 856. The van der Waals surface area contributed by atoms with Crippen LogP contribution in [0.5, 0.6) is 0 Å². The highest BCUT2D eigenvalue weighted by molar-refractivity contribution is 6.31. The van der Waals surface area contributed by atoms with Crippen LogP contribution in [0.4, 0.5) is 5.82 Å². The lowest BCUT2D eigenvalue weighted by molar-refractivity contribution is -0.111. The molecule has 0 spiro atoms. The van der Waals surface area contributed by atoms with Gasteiger partial charge in [-0.1, -0.05) is 60.1 Å². The monoisotopic (exact) mass is 337 g/mol. The Morgan fingerprint density at radius 3 is 2.62 bits per heavy atom. The van der Waals surface area contributed by atoms with Crippen molar-refractivity contribution in [2.75, 3.05) is 5.32 Å². The molecule has 0 aliphatic rings. The SMILES string of the molecule is O=C(/C=C/c1ccccc1)Nc1ccnn1Cc1ccccc1Cl. The molecule has 0 aliphatic carbocycles. The first kappa shape index (κ1) is 16.0. The standard InChI is InChI=1S/C19H16ClN3O/c20-17-9-5-4-8-16(17)14-23-18(12-13-21-23)22-19(24)11-10-15-6-2-1-3-7-15/h1-13H,14H2,(H,22,24)/b11-10+. The molecule has 3 aromatic rings. The third-order valence-electron chi connectivity index (χ3n) is 3.47. The van der Waals surface area contributed by atoms with Crippen LogP contribution in [0.3, 0.4) is 0 Å². The second kappa shape index (κ2) is 7.62. The van der Waals surface area contributed by atoms with E-state index in [2.05, 4.69) is 10.4 Å². The average molecular weight is 338 g/mol. The molecule has 2 aromatic carbocycles. The maximum atomic E-state index is 12.1. The molecule has 0 radical (unpaired) electrons. The van der Waals surface area contributed by atoms with Crippen LogP contribution in [0, 0.1) is 0 Å². The van der Waals surface area contributed by atoms with Gasteiger partial charge in [-0.2, -0.15) is 5.10 Å². The number of carbonyl (C=O) groups excluding carboxylic acids is 1. The van der Waals surface area contributed by atoms with Gasteiger partial charge in [0.2, 0.25) is 5.91 Å². The largest absolute Gasteiger partial charge is 0.307 e. The van der Waals surface area contributed by atoms with Gasteiger partial charge in [-0.25, -0.2) is 4.68 Å². The molecule has 0 bridgehead atoms. The first-order valence-corrected chi connectivity index (χ1v) is 7.89. The van der Waals surface area contributed by atoms with Crippen molar-refractivity contribution in [3.05, 3.63) is 89.1 Å². The van der Waals surface area contributed by atoms with Crippen molar-refractivity contribution < 1.29 is 4.79 Å². The highest BCUT2D eigenvalue weighted by atomic mass is 35.5. The van der Waals surface area contributed by atoms with E-state index in [9.17, 15) is 4.79 Å². The number of halogens is 1. The van der Waals surface area contributed by atoms with Gasteiger partial charge in [-0.15, -0.1) is 0 Å². The summed E-state index contributed by atoms with van der Waals surface area (Å²) in [7, 11) is 0. The summed E-state index contributed by atoms with van der Waals surface area (Å²) in [6, 6.07) is 19.0. The molecule has 1 N–H and O–H groups in total. The van der Waals surface area contributed by atoms with Crippen molar-refractivity contribution in [2.45, 2.75) is 6.54 Å². The van der Waals surface area contributed by atoms with Crippen molar-refractivity contribution >= 4 is 29.4 Å². The molecule has 120 valence electrons. The Labute approximate surface area is 145 Å². The first-order valence-electron chi connectivity index (χ1n) is 7.52. The Morgan fingerprint density at radius 2 is 1.83 bits per heavy atom. The second-order valence-corrected chi connectivity index (χ2v) is 5.61. The van der Waals surface area contributed by atoms with Crippen molar-refractivity contribution in [3.63, 3.8) is 0 Å². The van der Waals surface area contributed by atoms with Gasteiger partial charge in [0.1, 0.15) is 5.82 Å². The predicted octanol–water partition coefficient (Wildman–Crippen LogP) is 4.24. The van der Waals surface area contributed by atoms with Crippen LogP contribution in [0.15, 0.2) is 72.9 Å². The van der Waals surface area contributed by atoms with Crippen LogP contribution >= 0.6 is 11.6 Å². The number of benzene rings is 2. The minimum atomic E-state index is -0.209. The fourth-order valence-electron chi connectivity index (χ4n) is 2.26. The van der Waals surface area contributed by atoms with Crippen LogP contribution in [0.1, 0.15) is 11.1 Å². The van der Waals surface area contributed by atoms with Crippen molar-refractivity contribution in [1.29, 1.82) is 0 Å². The first-order chi connectivity index (χ1) is 11.7. The zero-order valence-corrected chi connectivity index (χ0v) is 13.6. The molecule has 0 unspecified atom stereocenters. The summed E-state index contributed by atoms with van der Waals surface area (Å²) in [6.45, 7) is 0.491. The number of aromatic nitrogens is 2. The van der Waals surface area contributed by atoms with Crippen LogP contribution in [0.2, 0.25) is 5.02 Å². The number of rotatable bonds is 5. The summed E-state index contributed by atoms with van der Waals surface area (Å²) >= 11 is 6.18. The minimum Gasteiger partial charge on any atom is -0.307 e. The summed E-state index contributed by atoms with van der Waals surface area (Å²) in [5, 5.41) is 7.75. The Morgan fingerprint density at radius 1 is 1.08 bits per heavy atom. The zero-order chi connectivity index (χ0) is 16.8. The maximum absolute atomic E-state index is 12.1. The number of anilines is 1. The molecule has 0 fully saturated rings. The highest BCUT2D eigenvalue weighted by Gasteiger charge is 2.07. The molecule has 5 heteroatoms. The normalized spacial score (nSPS) is 10.9. The van der Waals surface area contributed by atoms with Gasteiger partial charge in [0.25, 0.3) is 0 Å². The number of nitrogens with zero attached hydrogens (tertiary/aromatic N) is 2. The maximum Gasteiger partial charge on any atom is 0.249 e. The predicted molar refractivity (Wildman–Crippen MR) is 96.9 cm³/mol. The molecule has 0 aliphatic heterocycles. The van der Waals surface area contributed by atoms with E-state index in [1.165, 1.54) is 6.08 Å². The minimum absolute atomic E-state index is 0.209. The molecule has 4 nitrogen and oxygen atoms in total. The molecule has 24 heavy (non-hydrogen) atoms.